The lowest BCUT2D eigenvalue weighted by Crippen LogP contribution is -2.40. The Morgan fingerprint density at radius 1 is 1.50 bits per heavy atom. The van der Waals surface area contributed by atoms with Crippen LogP contribution in [0.3, 0.4) is 0 Å². The summed E-state index contributed by atoms with van der Waals surface area (Å²) in [7, 11) is 0. The second-order valence-electron chi connectivity index (χ2n) is 4.82. The third-order valence-electron chi connectivity index (χ3n) is 2.76. The van der Waals surface area contributed by atoms with Crippen LogP contribution in [0.25, 0.3) is 0 Å². The standard InChI is InChI=1S/C11H18N2O4S/c1-11(2,9(15)16)7-12-8(14)3-4-13-5-6-18-10(13)17/h3-7H2,1-2H3,(H,12,14)(H,15,16). The number of nitrogens with one attached hydrogen (secondary N) is 1. The van der Waals surface area contributed by atoms with Crippen molar-refractivity contribution in [2.45, 2.75) is 20.3 Å². The minimum atomic E-state index is -0.977. The highest BCUT2D eigenvalue weighted by atomic mass is 32.2. The summed E-state index contributed by atoms with van der Waals surface area (Å²) >= 11 is 1.26. The first kappa shape index (κ1) is 14.8. The van der Waals surface area contributed by atoms with Crippen LogP contribution in [-0.2, 0) is 9.59 Å². The number of amides is 2. The van der Waals surface area contributed by atoms with Gasteiger partial charge in [0.05, 0.1) is 5.41 Å². The Kier molecular flexibility index (Phi) is 5.01. The predicted octanol–water partition coefficient (Wildman–Crippen LogP) is 0.772. The zero-order chi connectivity index (χ0) is 13.8. The van der Waals surface area contributed by atoms with Crippen LogP contribution in [0, 0.1) is 5.41 Å². The molecule has 2 N–H and O–H groups in total. The molecule has 18 heavy (non-hydrogen) atoms. The number of thioether (sulfide) groups is 1. The predicted molar refractivity (Wildman–Crippen MR) is 68.5 cm³/mol. The van der Waals surface area contributed by atoms with Crippen molar-refractivity contribution in [3.05, 3.63) is 0 Å². The number of rotatable bonds is 6. The van der Waals surface area contributed by atoms with Crippen LogP contribution < -0.4 is 5.32 Å². The third kappa shape index (κ3) is 4.21. The van der Waals surface area contributed by atoms with Crippen LogP contribution in [0.2, 0.25) is 0 Å². The highest BCUT2D eigenvalue weighted by Crippen LogP contribution is 2.17. The summed E-state index contributed by atoms with van der Waals surface area (Å²) in [4.78, 5) is 35.3. The highest BCUT2D eigenvalue weighted by Gasteiger charge is 2.27. The molecular formula is C11H18N2O4S. The molecule has 0 aromatic rings. The van der Waals surface area contributed by atoms with Crippen molar-refractivity contribution in [2.75, 3.05) is 25.4 Å². The zero-order valence-electron chi connectivity index (χ0n) is 10.6. The van der Waals surface area contributed by atoms with Crippen molar-refractivity contribution in [3.63, 3.8) is 0 Å². The van der Waals surface area contributed by atoms with E-state index in [1.807, 2.05) is 0 Å². The van der Waals surface area contributed by atoms with Crippen molar-refractivity contribution in [1.29, 1.82) is 0 Å². The molecule has 102 valence electrons. The smallest absolute Gasteiger partial charge is 0.310 e. The molecule has 1 rings (SSSR count). The summed E-state index contributed by atoms with van der Waals surface area (Å²) in [5, 5.41) is 11.5. The largest absolute Gasteiger partial charge is 0.481 e. The number of nitrogens with zero attached hydrogens (tertiary/aromatic N) is 1. The summed E-state index contributed by atoms with van der Waals surface area (Å²) in [5.74, 6) is -0.407. The molecule has 6 nitrogen and oxygen atoms in total. The number of carbonyl (C=O) groups excluding carboxylic acids is 2. The molecule has 0 spiro atoms. The van der Waals surface area contributed by atoms with Crippen LogP contribution in [0.1, 0.15) is 20.3 Å². The van der Waals surface area contributed by atoms with E-state index in [0.29, 0.717) is 13.1 Å². The molecule has 1 aliphatic heterocycles. The summed E-state index contributed by atoms with van der Waals surface area (Å²) < 4.78 is 0. The molecule has 1 heterocycles. The zero-order valence-corrected chi connectivity index (χ0v) is 11.4. The lowest BCUT2D eigenvalue weighted by atomic mass is 9.94. The molecule has 0 atom stereocenters. The molecule has 1 saturated heterocycles. The van der Waals surface area contributed by atoms with Crippen LogP contribution in [-0.4, -0.2) is 52.5 Å². The van der Waals surface area contributed by atoms with Crippen molar-refractivity contribution < 1.29 is 19.5 Å². The Morgan fingerprint density at radius 2 is 2.17 bits per heavy atom. The summed E-state index contributed by atoms with van der Waals surface area (Å²) in [5.41, 5.74) is -0.977. The fourth-order valence-electron chi connectivity index (χ4n) is 1.35. The number of carboxylic acids is 1. The molecule has 0 radical (unpaired) electrons. The van der Waals surface area contributed by atoms with Gasteiger partial charge in [0, 0.05) is 31.8 Å². The van der Waals surface area contributed by atoms with Crippen molar-refractivity contribution >= 4 is 28.9 Å². The van der Waals surface area contributed by atoms with E-state index in [9.17, 15) is 14.4 Å². The van der Waals surface area contributed by atoms with Gasteiger partial charge in [0.2, 0.25) is 5.91 Å². The Hall–Kier alpha value is -1.24. The summed E-state index contributed by atoms with van der Waals surface area (Å²) in [6, 6.07) is 0. The fraction of sp³-hybridized carbons (Fsp3) is 0.727. The van der Waals surface area contributed by atoms with Crippen molar-refractivity contribution in [2.24, 2.45) is 5.41 Å². The normalized spacial score (nSPS) is 15.9. The first-order chi connectivity index (χ1) is 8.33. The average molecular weight is 274 g/mol. The lowest BCUT2D eigenvalue weighted by Gasteiger charge is -2.20. The highest BCUT2D eigenvalue weighted by molar-refractivity contribution is 8.13. The van der Waals surface area contributed by atoms with E-state index in [4.69, 9.17) is 5.11 Å². The van der Waals surface area contributed by atoms with E-state index >= 15 is 0 Å². The fourth-order valence-corrected chi connectivity index (χ4v) is 2.20. The van der Waals surface area contributed by atoms with Crippen LogP contribution >= 0.6 is 11.8 Å². The van der Waals surface area contributed by atoms with E-state index < -0.39 is 11.4 Å². The topological polar surface area (TPSA) is 86.7 Å². The number of carbonyl (C=O) groups is 3. The van der Waals surface area contributed by atoms with E-state index in [1.165, 1.54) is 11.8 Å². The van der Waals surface area contributed by atoms with Crippen LogP contribution in [0.15, 0.2) is 0 Å². The number of hydrogen-bond acceptors (Lipinski definition) is 4. The summed E-state index contributed by atoms with van der Waals surface area (Å²) in [6.45, 7) is 4.26. The van der Waals surface area contributed by atoms with E-state index in [-0.39, 0.29) is 24.1 Å². The van der Waals surface area contributed by atoms with Gasteiger partial charge in [-0.15, -0.1) is 0 Å². The molecular weight excluding hydrogens is 256 g/mol. The third-order valence-corrected chi connectivity index (χ3v) is 3.65. The second-order valence-corrected chi connectivity index (χ2v) is 5.86. The van der Waals surface area contributed by atoms with Crippen molar-refractivity contribution in [1.82, 2.24) is 10.2 Å². The number of carboxylic acid groups (broad SMARTS) is 1. The Bertz CT molecular complexity index is 357. The Balaban J connectivity index is 2.26. The van der Waals surface area contributed by atoms with Crippen LogP contribution in [0.4, 0.5) is 4.79 Å². The first-order valence-corrected chi connectivity index (χ1v) is 6.73. The molecule has 0 aliphatic carbocycles. The Labute approximate surface area is 110 Å². The molecule has 2 amide bonds. The second kappa shape index (κ2) is 6.08. The molecule has 0 bridgehead atoms. The van der Waals surface area contributed by atoms with Gasteiger partial charge in [0.15, 0.2) is 0 Å². The maximum absolute atomic E-state index is 11.5. The SMILES string of the molecule is CC(C)(CNC(=O)CCN1CCSC1=O)C(=O)O. The molecule has 1 aliphatic rings. The van der Waals surface area contributed by atoms with E-state index in [0.717, 1.165) is 5.75 Å². The van der Waals surface area contributed by atoms with Gasteiger partial charge in [-0.2, -0.15) is 0 Å². The molecule has 0 unspecified atom stereocenters. The average Bonchev–Trinajstić information content (AvgIpc) is 2.69. The molecule has 0 aromatic carbocycles. The lowest BCUT2D eigenvalue weighted by molar-refractivity contribution is -0.146. The summed E-state index contributed by atoms with van der Waals surface area (Å²) in [6.07, 6.45) is 0.210. The van der Waals surface area contributed by atoms with Crippen molar-refractivity contribution in [3.8, 4) is 0 Å². The van der Waals surface area contributed by atoms with Gasteiger partial charge in [0.25, 0.3) is 5.24 Å². The van der Waals surface area contributed by atoms with Gasteiger partial charge in [-0.3, -0.25) is 14.4 Å². The van der Waals surface area contributed by atoms with Crippen LogP contribution in [0.5, 0.6) is 0 Å². The van der Waals surface area contributed by atoms with Gasteiger partial charge < -0.3 is 15.3 Å². The molecule has 0 aromatic heterocycles. The van der Waals surface area contributed by atoms with Gasteiger partial charge in [-0.05, 0) is 13.8 Å². The first-order valence-electron chi connectivity index (χ1n) is 5.75. The van der Waals surface area contributed by atoms with Gasteiger partial charge in [0.1, 0.15) is 0 Å². The minimum absolute atomic E-state index is 0.00802. The van der Waals surface area contributed by atoms with Gasteiger partial charge in [-0.1, -0.05) is 11.8 Å². The minimum Gasteiger partial charge on any atom is -0.481 e. The number of aliphatic carboxylic acids is 1. The van der Waals surface area contributed by atoms with Gasteiger partial charge in [-0.25, -0.2) is 0 Å². The van der Waals surface area contributed by atoms with E-state index in [2.05, 4.69) is 5.32 Å². The monoisotopic (exact) mass is 274 g/mol. The molecule has 7 heteroatoms. The van der Waals surface area contributed by atoms with E-state index in [1.54, 1.807) is 18.7 Å². The maximum Gasteiger partial charge on any atom is 0.310 e. The number of hydrogen-bond donors (Lipinski definition) is 2. The molecule has 1 fully saturated rings. The Morgan fingerprint density at radius 3 is 2.67 bits per heavy atom. The molecule has 0 saturated carbocycles. The maximum atomic E-state index is 11.5. The van der Waals surface area contributed by atoms with Gasteiger partial charge >= 0.3 is 5.97 Å². The quantitative estimate of drug-likeness (QED) is 0.747.